The Balaban J connectivity index is 0.000000228. The highest BCUT2D eigenvalue weighted by atomic mass is 79.9. The molecule has 6 heteroatoms. The fourth-order valence-electron chi connectivity index (χ4n) is 8.10. The zero-order chi connectivity index (χ0) is 45.0. The second-order valence-electron chi connectivity index (χ2n) is 15.5. The number of halogens is 1. The number of nitrogens with zero attached hydrogens (tertiary/aromatic N) is 3. The fraction of sp³-hybridized carbons (Fsp3) is 0. The molecule has 0 heterocycles. The third-order valence-corrected chi connectivity index (χ3v) is 14.8. The Bertz CT molecular complexity index is 2830. The molecule has 320 valence electrons. The van der Waals surface area contributed by atoms with Gasteiger partial charge in [0.05, 0.1) is 0 Å². The average molecular weight is 937 g/mol. The van der Waals surface area contributed by atoms with Crippen molar-refractivity contribution in [2.75, 3.05) is 14.7 Å². The number of anilines is 9. The summed E-state index contributed by atoms with van der Waals surface area (Å²) in [5, 5.41) is 2.39. The molecule has 0 amide bonds. The predicted molar refractivity (Wildman–Crippen MR) is 284 cm³/mol. The van der Waals surface area contributed by atoms with E-state index in [1.165, 1.54) is 0 Å². The number of rotatable bonds is 12. The second kappa shape index (κ2) is 20.9. The number of para-hydroxylation sites is 6. The molecular weight excluding hydrogens is 890 g/mol. The van der Waals surface area contributed by atoms with Crippen LogP contribution in [0, 0.1) is 0 Å². The van der Waals surface area contributed by atoms with Crippen LogP contribution in [-0.2, 0) is 4.57 Å². The predicted octanol–water partition coefficient (Wildman–Crippen LogP) is 16.2. The Morgan fingerprint density at radius 2 is 0.409 bits per heavy atom. The van der Waals surface area contributed by atoms with Crippen molar-refractivity contribution in [2.24, 2.45) is 0 Å². The maximum Gasteiger partial charge on any atom is 0.171 e. The zero-order valence-electron chi connectivity index (χ0n) is 36.2. The van der Waals surface area contributed by atoms with Gasteiger partial charge in [0.1, 0.15) is 0 Å². The molecular formula is C60H47BrN3OP. The maximum absolute atomic E-state index is 15.4. The van der Waals surface area contributed by atoms with Crippen LogP contribution in [0.1, 0.15) is 0 Å². The Kier molecular flexibility index (Phi) is 13.8. The molecule has 0 unspecified atom stereocenters. The lowest BCUT2D eigenvalue weighted by atomic mass is 10.2. The van der Waals surface area contributed by atoms with Crippen LogP contribution in [0.25, 0.3) is 0 Å². The number of hydrogen-bond acceptors (Lipinski definition) is 4. The molecule has 0 aliphatic rings. The highest BCUT2D eigenvalue weighted by Gasteiger charge is 2.30. The monoisotopic (exact) mass is 935 g/mol. The van der Waals surface area contributed by atoms with Crippen molar-refractivity contribution in [3.63, 3.8) is 0 Å². The summed E-state index contributed by atoms with van der Waals surface area (Å²) in [4.78, 5) is 6.67. The first-order valence-corrected chi connectivity index (χ1v) is 24.4. The lowest BCUT2D eigenvalue weighted by Gasteiger charge is -2.27. The molecule has 10 aromatic rings. The minimum atomic E-state index is -3.20. The van der Waals surface area contributed by atoms with Crippen LogP contribution in [0.4, 0.5) is 51.2 Å². The van der Waals surface area contributed by atoms with E-state index in [2.05, 4.69) is 176 Å². The summed E-state index contributed by atoms with van der Waals surface area (Å²) in [5.41, 5.74) is 9.69. The molecule has 10 aromatic carbocycles. The Morgan fingerprint density at radius 1 is 0.227 bits per heavy atom. The topological polar surface area (TPSA) is 26.8 Å². The van der Waals surface area contributed by atoms with Crippen LogP contribution < -0.4 is 30.6 Å². The highest BCUT2D eigenvalue weighted by molar-refractivity contribution is 9.10. The van der Waals surface area contributed by atoms with E-state index in [0.717, 1.165) is 71.6 Å². The SMILES string of the molecule is Brc1ccc(N(c2ccccc2)c2ccccc2)cc1.O=P(c1ccccc1)(c1ccc(N(c2ccccc2)c2ccccc2)cc1)c1ccc(N(c2ccccc2)c2ccccc2)cc1. The molecule has 4 nitrogen and oxygen atoms in total. The minimum Gasteiger partial charge on any atom is -0.311 e. The maximum atomic E-state index is 15.4. The Morgan fingerprint density at radius 3 is 0.652 bits per heavy atom. The number of hydrogen-bond donors (Lipinski definition) is 0. The van der Waals surface area contributed by atoms with E-state index in [1.807, 2.05) is 140 Å². The summed E-state index contributed by atoms with van der Waals surface area (Å²) in [6.45, 7) is 0. The molecule has 0 atom stereocenters. The lowest BCUT2D eigenvalue weighted by Crippen LogP contribution is -2.25. The van der Waals surface area contributed by atoms with Gasteiger partial charge in [-0.1, -0.05) is 155 Å². The van der Waals surface area contributed by atoms with E-state index in [-0.39, 0.29) is 0 Å². The largest absolute Gasteiger partial charge is 0.311 e. The van der Waals surface area contributed by atoms with Crippen molar-refractivity contribution < 1.29 is 4.57 Å². The van der Waals surface area contributed by atoms with Gasteiger partial charge in [-0.2, -0.15) is 0 Å². The average Bonchev–Trinajstić information content (AvgIpc) is 3.40. The first-order valence-electron chi connectivity index (χ1n) is 21.9. The van der Waals surface area contributed by atoms with E-state index in [9.17, 15) is 0 Å². The van der Waals surface area contributed by atoms with Gasteiger partial charge in [0, 0.05) is 71.6 Å². The van der Waals surface area contributed by atoms with Crippen molar-refractivity contribution in [2.45, 2.75) is 0 Å². The smallest absolute Gasteiger partial charge is 0.171 e. The van der Waals surface area contributed by atoms with Crippen molar-refractivity contribution in [3.8, 4) is 0 Å². The van der Waals surface area contributed by atoms with Crippen LogP contribution in [-0.4, -0.2) is 0 Å². The summed E-state index contributed by atoms with van der Waals surface area (Å²) in [6.07, 6.45) is 0. The molecule has 0 aromatic heterocycles. The number of benzene rings is 10. The first kappa shape index (κ1) is 43.6. The molecule has 0 saturated carbocycles. The van der Waals surface area contributed by atoms with Gasteiger partial charge in [0.15, 0.2) is 7.14 Å². The minimum absolute atomic E-state index is 0.791. The van der Waals surface area contributed by atoms with E-state index >= 15 is 4.57 Å². The van der Waals surface area contributed by atoms with Gasteiger partial charge >= 0.3 is 0 Å². The standard InChI is InChI=1S/C42H33N2OP.C18H14BrN/c45-46(40-24-14-5-15-25-40,41-30-26-38(27-31-41)43(34-16-6-1-7-17-34)35-18-8-2-9-19-35)42-32-28-39(29-33-42)44(36-20-10-3-11-21-36)37-22-12-4-13-23-37;19-15-11-13-18(14-12-15)20(16-7-3-1-4-8-16)17-9-5-2-6-10-17/h1-33H;1-14H. The quantitative estimate of drug-likeness (QED) is 0.114. The van der Waals surface area contributed by atoms with E-state index in [0.29, 0.717) is 0 Å². The molecule has 0 spiro atoms. The van der Waals surface area contributed by atoms with Crippen LogP contribution in [0.2, 0.25) is 0 Å². The van der Waals surface area contributed by atoms with Crippen molar-refractivity contribution >= 4 is 90.2 Å². The van der Waals surface area contributed by atoms with E-state index in [4.69, 9.17) is 0 Å². The molecule has 0 aliphatic carbocycles. The van der Waals surface area contributed by atoms with Crippen molar-refractivity contribution in [3.05, 3.63) is 290 Å². The molecule has 66 heavy (non-hydrogen) atoms. The van der Waals surface area contributed by atoms with Crippen LogP contribution in [0.5, 0.6) is 0 Å². The second-order valence-corrected chi connectivity index (χ2v) is 19.2. The summed E-state index contributed by atoms with van der Waals surface area (Å²) >= 11 is 3.49. The Hall–Kier alpha value is -7.69. The van der Waals surface area contributed by atoms with Gasteiger partial charge in [-0.05, 0) is 146 Å². The molecule has 0 fully saturated rings. The van der Waals surface area contributed by atoms with Crippen molar-refractivity contribution in [1.29, 1.82) is 0 Å². The summed E-state index contributed by atoms with van der Waals surface area (Å²) in [5.74, 6) is 0. The molecule has 0 N–H and O–H groups in total. The molecule has 0 bridgehead atoms. The van der Waals surface area contributed by atoms with Crippen LogP contribution in [0.3, 0.4) is 0 Å². The van der Waals surface area contributed by atoms with E-state index < -0.39 is 7.14 Å². The lowest BCUT2D eigenvalue weighted by molar-refractivity contribution is 0.592. The highest BCUT2D eigenvalue weighted by Crippen LogP contribution is 2.45. The zero-order valence-corrected chi connectivity index (χ0v) is 38.7. The normalized spacial score (nSPS) is 10.9. The molecule has 10 rings (SSSR count). The third-order valence-electron chi connectivity index (χ3n) is 11.2. The first-order chi connectivity index (χ1) is 32.6. The van der Waals surface area contributed by atoms with Crippen LogP contribution >= 0.6 is 23.1 Å². The molecule has 0 radical (unpaired) electrons. The molecule has 0 aliphatic heterocycles. The van der Waals surface area contributed by atoms with Gasteiger partial charge in [-0.25, -0.2) is 0 Å². The summed E-state index contributed by atoms with van der Waals surface area (Å²) in [7, 11) is -3.20. The fourth-order valence-corrected chi connectivity index (χ4v) is 11.0. The van der Waals surface area contributed by atoms with Crippen molar-refractivity contribution in [1.82, 2.24) is 0 Å². The Labute approximate surface area is 396 Å². The van der Waals surface area contributed by atoms with E-state index in [1.54, 1.807) is 0 Å². The molecule has 0 saturated heterocycles. The van der Waals surface area contributed by atoms with Gasteiger partial charge in [0.25, 0.3) is 0 Å². The summed E-state index contributed by atoms with van der Waals surface area (Å²) in [6, 6.07) is 96.7. The van der Waals surface area contributed by atoms with Gasteiger partial charge in [0.2, 0.25) is 0 Å². The van der Waals surface area contributed by atoms with Crippen LogP contribution in [0.15, 0.2) is 290 Å². The van der Waals surface area contributed by atoms with Gasteiger partial charge in [-0.3, -0.25) is 0 Å². The summed E-state index contributed by atoms with van der Waals surface area (Å²) < 4.78 is 16.5. The van der Waals surface area contributed by atoms with Gasteiger partial charge in [-0.15, -0.1) is 0 Å². The third kappa shape index (κ3) is 9.84. The van der Waals surface area contributed by atoms with Gasteiger partial charge < -0.3 is 19.3 Å².